The Kier molecular flexibility index (Phi) is 10.2. The summed E-state index contributed by atoms with van der Waals surface area (Å²) in [4.78, 5) is 26.4. The zero-order chi connectivity index (χ0) is 28.6. The Morgan fingerprint density at radius 1 is 1.10 bits per heavy atom. The van der Waals surface area contributed by atoms with Gasteiger partial charge in [-0.15, -0.1) is 0 Å². The monoisotopic (exact) mass is 554 g/mol. The van der Waals surface area contributed by atoms with Gasteiger partial charge < -0.3 is 14.4 Å². The Balaban J connectivity index is 2.04. The predicted octanol–water partition coefficient (Wildman–Crippen LogP) is 4.52. The van der Waals surface area contributed by atoms with Crippen LogP contribution in [-0.4, -0.2) is 62.5 Å². The number of carbonyl (C=O) groups excluding carboxylic acids is 2. The van der Waals surface area contributed by atoms with Gasteiger partial charge in [0.05, 0.1) is 25.3 Å². The largest absolute Gasteiger partial charge is 0.469 e. The van der Waals surface area contributed by atoms with Crippen molar-refractivity contribution < 1.29 is 27.5 Å². The normalized spacial score (nSPS) is 17.3. The van der Waals surface area contributed by atoms with Crippen LogP contribution in [0.15, 0.2) is 48.5 Å². The molecule has 0 radical (unpaired) electrons. The van der Waals surface area contributed by atoms with Crippen molar-refractivity contribution in [2.45, 2.75) is 71.1 Å². The number of methoxy groups -OCH3 is 1. The highest BCUT2D eigenvalue weighted by atomic mass is 32.2. The minimum Gasteiger partial charge on any atom is -0.469 e. The quantitative estimate of drug-likeness (QED) is 0.380. The summed E-state index contributed by atoms with van der Waals surface area (Å²) in [5.41, 5.74) is 2.87. The number of benzene rings is 2. The number of nitrogens with one attached hydrogen (secondary N) is 1. The molecule has 2 aromatic rings. The molecule has 1 saturated heterocycles. The van der Waals surface area contributed by atoms with Crippen LogP contribution in [-0.2, 0) is 30.7 Å². The van der Waals surface area contributed by atoms with Crippen LogP contribution >= 0.6 is 0 Å². The molecule has 1 amide bonds. The lowest BCUT2D eigenvalue weighted by molar-refractivity contribution is -0.140. The summed E-state index contributed by atoms with van der Waals surface area (Å²) < 4.78 is 38.2. The van der Waals surface area contributed by atoms with Gasteiger partial charge in [-0.2, -0.15) is 0 Å². The van der Waals surface area contributed by atoms with E-state index in [0.29, 0.717) is 25.8 Å². The third-order valence-electron chi connectivity index (χ3n) is 6.44. The molecule has 1 fully saturated rings. The van der Waals surface area contributed by atoms with E-state index in [1.807, 2.05) is 48.5 Å². The molecule has 9 heteroatoms. The van der Waals surface area contributed by atoms with Crippen molar-refractivity contribution in [1.29, 1.82) is 0 Å². The van der Waals surface area contributed by atoms with Crippen LogP contribution in [0.25, 0.3) is 11.1 Å². The van der Waals surface area contributed by atoms with Gasteiger partial charge in [0.25, 0.3) is 0 Å². The highest BCUT2D eigenvalue weighted by Gasteiger charge is 2.41. The number of nitrogens with zero attached hydrogens (tertiary/aromatic N) is 1. The summed E-state index contributed by atoms with van der Waals surface area (Å²) in [5, 5.41) is 0. The fourth-order valence-electron chi connectivity index (χ4n) is 4.52. The van der Waals surface area contributed by atoms with Crippen molar-refractivity contribution in [1.82, 2.24) is 9.62 Å². The van der Waals surface area contributed by atoms with Crippen molar-refractivity contribution in [2.24, 2.45) is 0 Å². The maximum Gasteiger partial charge on any atom is 0.410 e. The van der Waals surface area contributed by atoms with E-state index in [2.05, 4.69) is 16.6 Å². The predicted molar refractivity (Wildman–Crippen MR) is 151 cm³/mol. The van der Waals surface area contributed by atoms with Crippen LogP contribution in [0.5, 0.6) is 0 Å². The molecule has 0 aliphatic carbocycles. The summed E-state index contributed by atoms with van der Waals surface area (Å²) in [7, 11) is -2.16. The van der Waals surface area contributed by atoms with Gasteiger partial charge >= 0.3 is 12.1 Å². The number of amides is 1. The SMILES string of the molecule is CCS(=O)(=O)NC1CCN(C(=O)OC(C)(C)C)C1Cc1cccc(-c2ccccc2)c1C#CCCC(=O)OC. The highest BCUT2D eigenvalue weighted by molar-refractivity contribution is 7.89. The molecule has 2 aromatic carbocycles. The van der Waals surface area contributed by atoms with Gasteiger partial charge in [0.2, 0.25) is 10.0 Å². The second-order valence-electron chi connectivity index (χ2n) is 10.4. The molecule has 210 valence electrons. The first-order valence-corrected chi connectivity index (χ1v) is 14.8. The molecule has 0 bridgehead atoms. The van der Waals surface area contributed by atoms with E-state index in [1.54, 1.807) is 32.6 Å². The van der Waals surface area contributed by atoms with Crippen LogP contribution < -0.4 is 4.72 Å². The summed E-state index contributed by atoms with van der Waals surface area (Å²) in [6, 6.07) is 14.8. The molecular weight excluding hydrogens is 516 g/mol. The second-order valence-corrected chi connectivity index (χ2v) is 12.5. The molecule has 2 unspecified atom stereocenters. The molecule has 1 N–H and O–H groups in total. The maximum absolute atomic E-state index is 13.2. The van der Waals surface area contributed by atoms with Crippen LogP contribution in [0.1, 0.15) is 58.1 Å². The van der Waals surface area contributed by atoms with E-state index in [0.717, 1.165) is 22.3 Å². The molecule has 1 aliphatic rings. The first-order valence-electron chi connectivity index (χ1n) is 13.2. The molecule has 1 aliphatic heterocycles. The zero-order valence-corrected chi connectivity index (χ0v) is 24.1. The average Bonchev–Trinajstić information content (AvgIpc) is 3.27. The number of rotatable bonds is 8. The van der Waals surface area contributed by atoms with E-state index in [1.165, 1.54) is 7.11 Å². The Bertz CT molecular complexity index is 1320. The third kappa shape index (κ3) is 8.57. The number of likely N-dealkylation sites (tertiary alicyclic amines) is 1. The molecular formula is C30H38N2O6S. The summed E-state index contributed by atoms with van der Waals surface area (Å²) in [6.07, 6.45) is 0.888. The van der Waals surface area contributed by atoms with Crippen LogP contribution in [0.3, 0.4) is 0 Å². The number of carbonyl (C=O) groups is 2. The summed E-state index contributed by atoms with van der Waals surface area (Å²) >= 11 is 0. The molecule has 2 atom stereocenters. The maximum atomic E-state index is 13.2. The number of hydrogen-bond donors (Lipinski definition) is 1. The van der Waals surface area contributed by atoms with Gasteiger partial charge in [0, 0.05) is 24.6 Å². The van der Waals surface area contributed by atoms with Crippen LogP contribution in [0, 0.1) is 11.8 Å². The Morgan fingerprint density at radius 3 is 2.46 bits per heavy atom. The fraction of sp³-hybridized carbons (Fsp3) is 0.467. The lowest BCUT2D eigenvalue weighted by Crippen LogP contribution is -2.49. The fourth-order valence-corrected chi connectivity index (χ4v) is 5.43. The van der Waals surface area contributed by atoms with Crippen molar-refractivity contribution in [3.8, 4) is 23.0 Å². The zero-order valence-electron chi connectivity index (χ0n) is 23.3. The van der Waals surface area contributed by atoms with Gasteiger partial charge in [-0.05, 0) is 57.2 Å². The van der Waals surface area contributed by atoms with Gasteiger partial charge in [0.1, 0.15) is 5.60 Å². The Labute approximate surface area is 232 Å². The minimum absolute atomic E-state index is 0.0525. The first-order chi connectivity index (χ1) is 18.4. The smallest absolute Gasteiger partial charge is 0.410 e. The Morgan fingerprint density at radius 2 is 1.82 bits per heavy atom. The van der Waals surface area contributed by atoms with Gasteiger partial charge in [-0.1, -0.05) is 60.4 Å². The topological polar surface area (TPSA) is 102 Å². The molecule has 39 heavy (non-hydrogen) atoms. The van der Waals surface area contributed by atoms with Gasteiger partial charge in [-0.25, -0.2) is 17.9 Å². The average molecular weight is 555 g/mol. The van der Waals surface area contributed by atoms with E-state index in [-0.39, 0.29) is 18.1 Å². The number of sulfonamides is 1. The molecule has 0 aromatic heterocycles. The highest BCUT2D eigenvalue weighted by Crippen LogP contribution is 2.30. The van der Waals surface area contributed by atoms with Gasteiger partial charge in [-0.3, -0.25) is 4.79 Å². The second kappa shape index (κ2) is 13.1. The first kappa shape index (κ1) is 30.2. The van der Waals surface area contributed by atoms with Crippen molar-refractivity contribution in [3.63, 3.8) is 0 Å². The third-order valence-corrected chi connectivity index (χ3v) is 7.87. The van der Waals surface area contributed by atoms with Crippen molar-refractivity contribution in [2.75, 3.05) is 19.4 Å². The van der Waals surface area contributed by atoms with Gasteiger partial charge in [0.15, 0.2) is 0 Å². The lowest BCUT2D eigenvalue weighted by Gasteiger charge is -2.31. The minimum atomic E-state index is -3.50. The number of hydrogen-bond acceptors (Lipinski definition) is 6. The lowest BCUT2D eigenvalue weighted by atomic mass is 9.91. The summed E-state index contributed by atoms with van der Waals surface area (Å²) in [6.45, 7) is 7.37. The molecule has 1 heterocycles. The Hall–Kier alpha value is -3.35. The molecule has 0 spiro atoms. The van der Waals surface area contributed by atoms with E-state index < -0.39 is 33.8 Å². The van der Waals surface area contributed by atoms with Crippen molar-refractivity contribution >= 4 is 22.1 Å². The van der Waals surface area contributed by atoms with Crippen molar-refractivity contribution in [3.05, 3.63) is 59.7 Å². The van der Waals surface area contributed by atoms with E-state index >= 15 is 0 Å². The van der Waals surface area contributed by atoms with Crippen LogP contribution in [0.4, 0.5) is 4.79 Å². The number of esters is 1. The summed E-state index contributed by atoms with van der Waals surface area (Å²) in [5.74, 6) is 5.98. The van der Waals surface area contributed by atoms with E-state index in [4.69, 9.17) is 9.47 Å². The molecule has 0 saturated carbocycles. The van der Waals surface area contributed by atoms with E-state index in [9.17, 15) is 18.0 Å². The standard InChI is InChI=1S/C30H38N2O6S/c1-6-39(35,36)31-26-19-20-32(29(34)38-30(2,3)4)27(26)21-23-15-12-17-24(22-13-8-7-9-14-22)25(23)16-10-11-18-28(33)37-5/h7-9,12-15,17,26-27,31H,6,11,18-21H2,1-5H3. The number of ether oxygens (including phenoxy) is 2. The molecule has 8 nitrogen and oxygen atoms in total. The molecule has 3 rings (SSSR count). The van der Waals surface area contributed by atoms with Crippen LogP contribution in [0.2, 0.25) is 0 Å².